The molecule has 1 aliphatic heterocycles. The summed E-state index contributed by atoms with van der Waals surface area (Å²) < 4.78 is 5.77. The van der Waals surface area contributed by atoms with Crippen molar-refractivity contribution in [2.45, 2.75) is 44.9 Å². The number of fused-ring (bicyclic) bond motifs is 1. The van der Waals surface area contributed by atoms with Gasteiger partial charge in [-0.1, -0.05) is 44.2 Å². The van der Waals surface area contributed by atoms with Gasteiger partial charge < -0.3 is 15.8 Å². The molecule has 0 aromatic heterocycles. The van der Waals surface area contributed by atoms with Crippen molar-refractivity contribution in [1.82, 2.24) is 5.32 Å². The maximum Gasteiger partial charge on any atom is 0.244 e. The largest absolute Gasteiger partial charge is 0.377 e. The molecule has 4 atom stereocenters. The molecule has 3 N–H and O–H groups in total. The molecule has 0 bridgehead atoms. The van der Waals surface area contributed by atoms with E-state index >= 15 is 0 Å². The van der Waals surface area contributed by atoms with Gasteiger partial charge in [-0.2, -0.15) is 0 Å². The minimum atomic E-state index is -1.01. The van der Waals surface area contributed by atoms with Crippen molar-refractivity contribution < 1.29 is 9.53 Å². The average molecular weight is 325 g/mol. The molecular formula is C17H25ClN2O2. The van der Waals surface area contributed by atoms with Gasteiger partial charge in [0, 0.05) is 24.0 Å². The van der Waals surface area contributed by atoms with Crippen LogP contribution in [0.5, 0.6) is 0 Å². The third kappa shape index (κ3) is 2.53. The minimum absolute atomic E-state index is 0. The summed E-state index contributed by atoms with van der Waals surface area (Å²) >= 11 is 0. The van der Waals surface area contributed by atoms with Crippen LogP contribution in [0.15, 0.2) is 30.3 Å². The SMILES string of the molecule is CC(N)(C(=O)NC1C2CCOC2C1(C)C)c1ccccc1.Cl. The molecule has 1 aromatic carbocycles. The summed E-state index contributed by atoms with van der Waals surface area (Å²) in [4.78, 5) is 12.7. The van der Waals surface area contributed by atoms with E-state index in [1.165, 1.54) is 0 Å². The number of benzene rings is 1. The highest BCUT2D eigenvalue weighted by Gasteiger charge is 2.60. The lowest BCUT2D eigenvalue weighted by atomic mass is 9.57. The molecule has 2 fully saturated rings. The van der Waals surface area contributed by atoms with Crippen LogP contribution in [-0.4, -0.2) is 24.7 Å². The highest BCUT2D eigenvalue weighted by molar-refractivity contribution is 5.87. The van der Waals surface area contributed by atoms with Crippen LogP contribution >= 0.6 is 12.4 Å². The summed E-state index contributed by atoms with van der Waals surface area (Å²) in [6, 6.07) is 9.67. The van der Waals surface area contributed by atoms with E-state index in [4.69, 9.17) is 10.5 Å². The van der Waals surface area contributed by atoms with Crippen molar-refractivity contribution in [3.8, 4) is 0 Å². The zero-order valence-electron chi connectivity index (χ0n) is 13.3. The van der Waals surface area contributed by atoms with Crippen LogP contribution in [0, 0.1) is 11.3 Å². The number of hydrogen-bond acceptors (Lipinski definition) is 3. The molecule has 2 aliphatic rings. The van der Waals surface area contributed by atoms with Crippen molar-refractivity contribution >= 4 is 18.3 Å². The van der Waals surface area contributed by atoms with E-state index in [2.05, 4.69) is 19.2 Å². The number of halogens is 1. The molecule has 1 amide bonds. The molecule has 0 spiro atoms. The van der Waals surface area contributed by atoms with Gasteiger partial charge >= 0.3 is 0 Å². The van der Waals surface area contributed by atoms with Gasteiger partial charge in [-0.25, -0.2) is 0 Å². The number of carbonyl (C=O) groups excluding carboxylic acids is 1. The van der Waals surface area contributed by atoms with Gasteiger partial charge in [-0.15, -0.1) is 12.4 Å². The zero-order chi connectivity index (χ0) is 15.3. The first-order chi connectivity index (χ1) is 9.85. The van der Waals surface area contributed by atoms with Crippen molar-refractivity contribution in [2.24, 2.45) is 17.1 Å². The van der Waals surface area contributed by atoms with Gasteiger partial charge in [0.1, 0.15) is 5.54 Å². The van der Waals surface area contributed by atoms with E-state index in [1.54, 1.807) is 6.92 Å². The maximum absolute atomic E-state index is 12.7. The first-order valence-corrected chi connectivity index (χ1v) is 7.62. The van der Waals surface area contributed by atoms with Crippen molar-refractivity contribution in [2.75, 3.05) is 6.61 Å². The topological polar surface area (TPSA) is 64.4 Å². The minimum Gasteiger partial charge on any atom is -0.377 e. The molecule has 1 saturated carbocycles. The quantitative estimate of drug-likeness (QED) is 0.896. The van der Waals surface area contributed by atoms with E-state index in [0.29, 0.717) is 5.92 Å². The van der Waals surface area contributed by atoms with Gasteiger partial charge in [0.2, 0.25) is 5.91 Å². The second-order valence-electron chi connectivity index (χ2n) is 7.08. The Hall–Kier alpha value is -1.10. The van der Waals surface area contributed by atoms with Gasteiger partial charge in [-0.05, 0) is 18.9 Å². The van der Waals surface area contributed by atoms with E-state index in [-0.39, 0.29) is 35.9 Å². The molecule has 5 heteroatoms. The number of rotatable bonds is 3. The van der Waals surface area contributed by atoms with Gasteiger partial charge in [0.15, 0.2) is 0 Å². The molecule has 0 radical (unpaired) electrons. The van der Waals surface area contributed by atoms with E-state index in [9.17, 15) is 4.79 Å². The highest BCUT2D eigenvalue weighted by Crippen LogP contribution is 2.52. The van der Waals surface area contributed by atoms with Gasteiger partial charge in [0.25, 0.3) is 0 Å². The first kappa shape index (κ1) is 17.3. The lowest BCUT2D eigenvalue weighted by molar-refractivity contribution is -0.141. The van der Waals surface area contributed by atoms with E-state index in [1.807, 2.05) is 30.3 Å². The first-order valence-electron chi connectivity index (χ1n) is 7.62. The van der Waals surface area contributed by atoms with Gasteiger partial charge in [0.05, 0.1) is 6.10 Å². The van der Waals surface area contributed by atoms with E-state index < -0.39 is 5.54 Å². The number of nitrogens with two attached hydrogens (primary N) is 1. The summed E-state index contributed by atoms with van der Waals surface area (Å²) in [6.45, 7) is 6.87. The van der Waals surface area contributed by atoms with Crippen LogP contribution in [-0.2, 0) is 15.1 Å². The summed E-state index contributed by atoms with van der Waals surface area (Å²) in [5.41, 5.74) is 6.09. The fourth-order valence-electron chi connectivity index (χ4n) is 3.82. The van der Waals surface area contributed by atoms with Crippen molar-refractivity contribution in [1.29, 1.82) is 0 Å². The average Bonchev–Trinajstić information content (AvgIpc) is 2.92. The molecule has 122 valence electrons. The van der Waals surface area contributed by atoms with Gasteiger partial charge in [-0.3, -0.25) is 4.79 Å². The van der Waals surface area contributed by atoms with Crippen LogP contribution in [0.4, 0.5) is 0 Å². The summed E-state index contributed by atoms with van der Waals surface area (Å²) in [7, 11) is 0. The fourth-order valence-corrected chi connectivity index (χ4v) is 3.82. The molecule has 1 aliphatic carbocycles. The standard InChI is InChI=1S/C17H24N2O2.ClH/c1-16(2)13(12-9-10-21-14(12)16)19-15(20)17(3,18)11-7-5-4-6-8-11;/h4-8,12-14H,9-10,18H2,1-3H3,(H,19,20);1H. The highest BCUT2D eigenvalue weighted by atomic mass is 35.5. The normalized spacial score (nSPS) is 31.2. The third-order valence-electron chi connectivity index (χ3n) is 5.23. The Kier molecular flexibility index (Phi) is 4.58. The Morgan fingerprint density at radius 3 is 2.64 bits per heavy atom. The number of ether oxygens (including phenoxy) is 1. The summed E-state index contributed by atoms with van der Waals surface area (Å²) in [5, 5.41) is 3.17. The third-order valence-corrected chi connectivity index (χ3v) is 5.23. The van der Waals surface area contributed by atoms with Crippen LogP contribution < -0.4 is 11.1 Å². The van der Waals surface area contributed by atoms with Crippen LogP contribution in [0.1, 0.15) is 32.8 Å². The zero-order valence-corrected chi connectivity index (χ0v) is 14.2. The van der Waals surface area contributed by atoms with Crippen LogP contribution in [0.3, 0.4) is 0 Å². The Bertz CT molecular complexity index is 545. The van der Waals surface area contributed by atoms with Crippen LogP contribution in [0.2, 0.25) is 0 Å². The Morgan fingerprint density at radius 1 is 1.36 bits per heavy atom. The fraction of sp³-hybridized carbons (Fsp3) is 0.588. The Morgan fingerprint density at radius 2 is 2.00 bits per heavy atom. The predicted molar refractivity (Wildman–Crippen MR) is 88.8 cm³/mol. The number of nitrogens with one attached hydrogen (secondary N) is 1. The molecule has 22 heavy (non-hydrogen) atoms. The van der Waals surface area contributed by atoms with Crippen molar-refractivity contribution in [3.05, 3.63) is 35.9 Å². The lowest BCUT2D eigenvalue weighted by Gasteiger charge is -2.55. The second kappa shape index (κ2) is 5.84. The Balaban J connectivity index is 0.00000176. The number of amides is 1. The van der Waals surface area contributed by atoms with Crippen molar-refractivity contribution in [3.63, 3.8) is 0 Å². The molecule has 4 nitrogen and oxygen atoms in total. The lowest BCUT2D eigenvalue weighted by Crippen LogP contribution is -2.68. The Labute approximate surface area is 138 Å². The molecule has 1 aromatic rings. The predicted octanol–water partition coefficient (Wildman–Crippen LogP) is 2.21. The molecule has 4 unspecified atom stereocenters. The maximum atomic E-state index is 12.7. The van der Waals surface area contributed by atoms with Crippen LogP contribution in [0.25, 0.3) is 0 Å². The summed E-state index contributed by atoms with van der Waals surface area (Å²) in [6.07, 6.45) is 1.29. The monoisotopic (exact) mass is 324 g/mol. The number of hydrogen-bond donors (Lipinski definition) is 2. The molecule has 1 saturated heterocycles. The smallest absolute Gasteiger partial charge is 0.244 e. The second-order valence-corrected chi connectivity index (χ2v) is 7.08. The number of carbonyl (C=O) groups is 1. The summed E-state index contributed by atoms with van der Waals surface area (Å²) in [5.74, 6) is 0.313. The van der Waals surface area contributed by atoms with E-state index in [0.717, 1.165) is 18.6 Å². The molecule has 1 heterocycles. The molecule has 3 rings (SSSR count). The molecular weight excluding hydrogens is 300 g/mol.